The first kappa shape index (κ1) is 17.7. The number of Topliss-reactive ketones (excluding diaryl/α,β-unsaturated/α-hetero) is 1. The molecule has 7 nitrogen and oxygen atoms in total. The largest absolute Gasteiger partial charge is 0.454 e. The molecule has 9 heteroatoms. The Bertz CT molecular complexity index is 957. The summed E-state index contributed by atoms with van der Waals surface area (Å²) in [5, 5.41) is 13.9. The van der Waals surface area contributed by atoms with Crippen molar-refractivity contribution in [3.8, 4) is 17.6 Å². The Hall–Kier alpha value is -3.08. The molecule has 1 amide bonds. The van der Waals surface area contributed by atoms with Gasteiger partial charge in [-0.2, -0.15) is 15.4 Å². The predicted octanol–water partition coefficient (Wildman–Crippen LogP) is 3.55. The third-order valence-electron chi connectivity index (χ3n) is 3.45. The van der Waals surface area contributed by atoms with Gasteiger partial charge in [0.1, 0.15) is 11.8 Å². The van der Waals surface area contributed by atoms with E-state index >= 15 is 0 Å². The highest BCUT2D eigenvalue weighted by atomic mass is 35.5. The Morgan fingerprint density at radius 3 is 2.35 bits per heavy atom. The fraction of sp³-hybridized carbons (Fsp3) is 0.0588. The maximum atomic E-state index is 12.1. The minimum absolute atomic E-state index is 0.128. The number of ether oxygens (including phenoxy) is 1. The lowest BCUT2D eigenvalue weighted by Gasteiger charge is -2.21. The van der Waals surface area contributed by atoms with Crippen LogP contribution < -0.4 is 15.5 Å². The molecule has 2 aromatic carbocycles. The number of nitriles is 1. The highest BCUT2D eigenvalue weighted by molar-refractivity contribution is 6.50. The third kappa shape index (κ3) is 3.47. The molecule has 0 unspecified atom stereocenters. The number of nitrogens with two attached hydrogens (primary N) is 1. The van der Waals surface area contributed by atoms with Gasteiger partial charge in [0.2, 0.25) is 11.5 Å². The van der Waals surface area contributed by atoms with Crippen LogP contribution in [0.15, 0.2) is 41.5 Å². The number of nitrogen functional groups attached to an aromatic ring is 1. The first-order valence-corrected chi connectivity index (χ1v) is 8.02. The molecule has 0 aliphatic carbocycles. The fourth-order valence-corrected chi connectivity index (χ4v) is 2.77. The highest BCUT2D eigenvalue weighted by Gasteiger charge is 2.29. The molecule has 0 bridgehead atoms. The normalized spacial score (nSPS) is 14.0. The van der Waals surface area contributed by atoms with Crippen LogP contribution in [0, 0.1) is 11.3 Å². The van der Waals surface area contributed by atoms with Crippen LogP contribution in [0.3, 0.4) is 0 Å². The standard InChI is InChI=1S/C17H10Cl2N4O3/c18-12-5-10(23-16(25)7-15(24)14(8-20)22-23)6-13(19)17(12)26-11-3-1-9(21)2-4-11/h1-6H,7,21H2. The average molecular weight is 389 g/mol. The molecular weight excluding hydrogens is 379 g/mol. The van der Waals surface area contributed by atoms with Gasteiger partial charge in [0.05, 0.1) is 22.2 Å². The van der Waals surface area contributed by atoms with Gasteiger partial charge in [-0.05, 0) is 36.4 Å². The smallest absolute Gasteiger partial charge is 0.255 e. The Labute approximate surface area is 158 Å². The molecule has 3 rings (SSSR count). The van der Waals surface area contributed by atoms with Crippen LogP contribution in [-0.2, 0) is 9.59 Å². The summed E-state index contributed by atoms with van der Waals surface area (Å²) in [4.78, 5) is 23.6. The van der Waals surface area contributed by atoms with Crippen LogP contribution in [0.25, 0.3) is 0 Å². The van der Waals surface area contributed by atoms with E-state index in [9.17, 15) is 9.59 Å². The number of carbonyl (C=O) groups excluding carboxylic acids is 2. The molecular formula is C17H10Cl2N4O3. The van der Waals surface area contributed by atoms with E-state index in [4.69, 9.17) is 38.9 Å². The third-order valence-corrected chi connectivity index (χ3v) is 4.01. The molecule has 26 heavy (non-hydrogen) atoms. The van der Waals surface area contributed by atoms with Gasteiger partial charge >= 0.3 is 0 Å². The number of amides is 1. The topological polar surface area (TPSA) is 109 Å². The van der Waals surface area contributed by atoms with Gasteiger partial charge in [-0.25, -0.2) is 0 Å². The number of hydrogen-bond acceptors (Lipinski definition) is 6. The monoisotopic (exact) mass is 388 g/mol. The quantitative estimate of drug-likeness (QED) is 0.638. The van der Waals surface area contributed by atoms with Crippen molar-refractivity contribution in [1.29, 1.82) is 5.26 Å². The molecule has 1 aliphatic rings. The average Bonchev–Trinajstić information content (AvgIpc) is 2.60. The van der Waals surface area contributed by atoms with Crippen LogP contribution in [0.4, 0.5) is 11.4 Å². The number of ketones is 1. The van der Waals surface area contributed by atoms with Crippen molar-refractivity contribution in [2.75, 3.05) is 10.7 Å². The second-order valence-electron chi connectivity index (χ2n) is 5.28. The van der Waals surface area contributed by atoms with Gasteiger partial charge in [-0.15, -0.1) is 0 Å². The van der Waals surface area contributed by atoms with Gasteiger partial charge in [0.25, 0.3) is 5.91 Å². The van der Waals surface area contributed by atoms with Crippen molar-refractivity contribution in [2.24, 2.45) is 5.10 Å². The molecule has 0 saturated carbocycles. The van der Waals surface area contributed by atoms with Crippen LogP contribution in [-0.4, -0.2) is 17.4 Å². The lowest BCUT2D eigenvalue weighted by atomic mass is 10.1. The Morgan fingerprint density at radius 2 is 1.77 bits per heavy atom. The van der Waals surface area contributed by atoms with Crippen molar-refractivity contribution < 1.29 is 14.3 Å². The summed E-state index contributed by atoms with van der Waals surface area (Å²) >= 11 is 12.5. The molecule has 0 fully saturated rings. The summed E-state index contributed by atoms with van der Waals surface area (Å²) < 4.78 is 5.66. The number of hydrazone groups is 1. The number of rotatable bonds is 3. The van der Waals surface area contributed by atoms with Crippen molar-refractivity contribution in [3.63, 3.8) is 0 Å². The van der Waals surface area contributed by atoms with E-state index < -0.39 is 18.1 Å². The summed E-state index contributed by atoms with van der Waals surface area (Å²) in [5.74, 6) is -0.561. The Morgan fingerprint density at radius 1 is 1.15 bits per heavy atom. The number of anilines is 2. The molecule has 2 aromatic rings. The van der Waals surface area contributed by atoms with Gasteiger partial charge in [-0.1, -0.05) is 23.2 Å². The van der Waals surface area contributed by atoms with E-state index in [1.807, 2.05) is 0 Å². The van der Waals surface area contributed by atoms with Crippen molar-refractivity contribution in [2.45, 2.75) is 6.42 Å². The zero-order valence-corrected chi connectivity index (χ0v) is 14.6. The molecule has 0 spiro atoms. The summed E-state index contributed by atoms with van der Waals surface area (Å²) in [6.07, 6.45) is -0.453. The van der Waals surface area contributed by atoms with Gasteiger partial charge in [-0.3, -0.25) is 9.59 Å². The second kappa shape index (κ2) is 7.04. The van der Waals surface area contributed by atoms with E-state index in [1.165, 1.54) is 12.1 Å². The van der Waals surface area contributed by atoms with Crippen LogP contribution in [0.2, 0.25) is 10.0 Å². The Balaban J connectivity index is 1.96. The summed E-state index contributed by atoms with van der Waals surface area (Å²) in [7, 11) is 0. The Kier molecular flexibility index (Phi) is 4.80. The van der Waals surface area contributed by atoms with Crippen molar-refractivity contribution in [3.05, 3.63) is 46.4 Å². The van der Waals surface area contributed by atoms with Gasteiger partial charge < -0.3 is 10.5 Å². The number of carbonyl (C=O) groups is 2. The molecule has 0 saturated heterocycles. The molecule has 0 radical (unpaired) electrons. The number of nitrogens with zero attached hydrogens (tertiary/aromatic N) is 3. The van der Waals surface area contributed by atoms with Crippen LogP contribution in [0.1, 0.15) is 6.42 Å². The number of benzene rings is 2. The predicted molar refractivity (Wildman–Crippen MR) is 97.5 cm³/mol. The van der Waals surface area contributed by atoms with E-state index in [0.717, 1.165) is 5.01 Å². The summed E-state index contributed by atoms with van der Waals surface area (Å²) in [6.45, 7) is 0. The molecule has 130 valence electrons. The minimum Gasteiger partial charge on any atom is -0.454 e. The molecule has 2 N–H and O–H groups in total. The maximum Gasteiger partial charge on any atom is 0.255 e. The van der Waals surface area contributed by atoms with E-state index in [0.29, 0.717) is 11.4 Å². The fourth-order valence-electron chi connectivity index (χ4n) is 2.21. The number of halogens is 2. The SMILES string of the molecule is N#CC1=NN(c2cc(Cl)c(Oc3ccc(N)cc3)c(Cl)c2)C(=O)CC1=O. The minimum atomic E-state index is -0.630. The summed E-state index contributed by atoms with van der Waals surface area (Å²) in [6, 6.07) is 11.1. The van der Waals surface area contributed by atoms with E-state index in [1.54, 1.807) is 30.3 Å². The second-order valence-corrected chi connectivity index (χ2v) is 6.09. The number of hydrogen-bond donors (Lipinski definition) is 1. The first-order chi connectivity index (χ1) is 12.4. The first-order valence-electron chi connectivity index (χ1n) is 7.26. The zero-order valence-electron chi connectivity index (χ0n) is 13.1. The maximum absolute atomic E-state index is 12.1. The molecule has 0 atom stereocenters. The van der Waals surface area contributed by atoms with E-state index in [-0.39, 0.29) is 27.2 Å². The van der Waals surface area contributed by atoms with Gasteiger partial charge in [0.15, 0.2) is 5.75 Å². The van der Waals surface area contributed by atoms with Crippen molar-refractivity contribution >= 4 is 52.0 Å². The zero-order chi connectivity index (χ0) is 18.8. The van der Waals surface area contributed by atoms with Crippen molar-refractivity contribution in [1.82, 2.24) is 0 Å². The lowest BCUT2D eigenvalue weighted by Crippen LogP contribution is -2.36. The molecule has 1 heterocycles. The van der Waals surface area contributed by atoms with Crippen LogP contribution in [0.5, 0.6) is 11.5 Å². The highest BCUT2D eigenvalue weighted by Crippen LogP contribution is 2.40. The lowest BCUT2D eigenvalue weighted by molar-refractivity contribution is -0.124. The van der Waals surface area contributed by atoms with E-state index in [2.05, 4.69) is 5.10 Å². The molecule has 1 aliphatic heterocycles. The van der Waals surface area contributed by atoms with Gasteiger partial charge in [0, 0.05) is 5.69 Å². The molecule has 0 aromatic heterocycles. The van der Waals surface area contributed by atoms with Crippen LogP contribution >= 0.6 is 23.2 Å². The summed E-state index contributed by atoms with van der Waals surface area (Å²) in [5.41, 5.74) is 6.06.